The lowest BCUT2D eigenvalue weighted by atomic mass is 10.0. The Hall–Kier alpha value is -3.43. The van der Waals surface area contributed by atoms with Crippen molar-refractivity contribution in [2.45, 2.75) is 37.1 Å². The summed E-state index contributed by atoms with van der Waals surface area (Å²) in [7, 11) is 0. The topological polar surface area (TPSA) is 82.8 Å². The Kier molecular flexibility index (Phi) is 6.98. The normalized spacial score (nSPS) is 12.8. The van der Waals surface area contributed by atoms with E-state index in [1.807, 2.05) is 24.3 Å². The highest BCUT2D eigenvalue weighted by molar-refractivity contribution is 8.00. The summed E-state index contributed by atoms with van der Waals surface area (Å²) in [6, 6.07) is 20.1. The molecule has 1 aromatic heterocycles. The molecule has 3 aromatic rings. The lowest BCUT2D eigenvalue weighted by Gasteiger charge is -2.12. The molecule has 0 spiro atoms. The van der Waals surface area contributed by atoms with Crippen LogP contribution in [0.4, 0.5) is 5.69 Å². The Morgan fingerprint density at radius 2 is 1.75 bits per heavy atom. The van der Waals surface area contributed by atoms with Gasteiger partial charge in [0, 0.05) is 16.8 Å². The number of benzene rings is 2. The molecule has 0 atom stereocenters. The van der Waals surface area contributed by atoms with Crippen LogP contribution in [-0.2, 0) is 17.6 Å². The Morgan fingerprint density at radius 3 is 2.56 bits per heavy atom. The van der Waals surface area contributed by atoms with Crippen molar-refractivity contribution in [3.63, 3.8) is 0 Å². The molecule has 0 unspecified atom stereocenters. The minimum Gasteiger partial charge on any atom is -0.325 e. The van der Waals surface area contributed by atoms with Gasteiger partial charge in [-0.1, -0.05) is 60.6 Å². The SMILES string of the molecule is N#Cc1cc2c(nc1SCC(=O)Nc1ccccc1C(=O)c1ccccc1)CCCCC2. The molecule has 1 aliphatic carbocycles. The highest BCUT2D eigenvalue weighted by atomic mass is 32.2. The molecule has 1 N–H and O–H groups in total. The van der Waals surface area contributed by atoms with E-state index in [9.17, 15) is 14.9 Å². The van der Waals surface area contributed by atoms with Gasteiger partial charge in [0.15, 0.2) is 5.78 Å². The summed E-state index contributed by atoms with van der Waals surface area (Å²) in [4.78, 5) is 30.3. The summed E-state index contributed by atoms with van der Waals surface area (Å²) in [5, 5.41) is 13.0. The van der Waals surface area contributed by atoms with Gasteiger partial charge in [-0.2, -0.15) is 5.26 Å². The quantitative estimate of drug-likeness (QED) is 0.324. The largest absolute Gasteiger partial charge is 0.325 e. The van der Waals surface area contributed by atoms with Crippen molar-refractivity contribution in [2.24, 2.45) is 0 Å². The lowest BCUT2D eigenvalue weighted by molar-refractivity contribution is -0.113. The number of anilines is 1. The number of aromatic nitrogens is 1. The molecule has 6 heteroatoms. The number of carbonyl (C=O) groups excluding carboxylic acids is 2. The van der Waals surface area contributed by atoms with Crippen molar-refractivity contribution in [3.05, 3.63) is 88.6 Å². The highest BCUT2D eigenvalue weighted by Gasteiger charge is 2.17. The number of nitrogens with one attached hydrogen (secondary N) is 1. The predicted octanol–water partition coefficient (Wildman–Crippen LogP) is 5.18. The first-order valence-electron chi connectivity index (χ1n) is 10.7. The number of ketones is 1. The fourth-order valence-corrected chi connectivity index (χ4v) is 4.61. The second-order valence-electron chi connectivity index (χ2n) is 7.70. The summed E-state index contributed by atoms with van der Waals surface area (Å²) >= 11 is 1.26. The third kappa shape index (κ3) is 5.06. The number of para-hydroxylation sites is 1. The Balaban J connectivity index is 1.47. The van der Waals surface area contributed by atoms with Gasteiger partial charge in [0.05, 0.1) is 17.0 Å². The van der Waals surface area contributed by atoms with E-state index in [1.54, 1.807) is 36.4 Å². The molecule has 0 bridgehead atoms. The molecule has 0 fully saturated rings. The third-order valence-electron chi connectivity index (χ3n) is 5.46. The monoisotopic (exact) mass is 441 g/mol. The van der Waals surface area contributed by atoms with E-state index in [2.05, 4.69) is 11.4 Å². The maximum atomic E-state index is 12.9. The van der Waals surface area contributed by atoms with Gasteiger partial charge in [-0.15, -0.1) is 0 Å². The standard InChI is InChI=1S/C26H23N3O2S/c27-16-20-15-19-11-5-2-6-13-22(19)29-26(20)32-17-24(30)28-23-14-8-7-12-21(23)25(31)18-9-3-1-4-10-18/h1,3-4,7-10,12,14-15H,2,5-6,11,13,17H2,(H,28,30). The average Bonchev–Trinajstić information content (AvgIpc) is 3.07. The minimum absolute atomic E-state index is 0.105. The molecule has 160 valence electrons. The number of nitriles is 1. The molecule has 0 saturated heterocycles. The molecule has 0 radical (unpaired) electrons. The van der Waals surface area contributed by atoms with E-state index in [1.165, 1.54) is 18.2 Å². The fourth-order valence-electron chi connectivity index (χ4n) is 3.84. The Bertz CT molecular complexity index is 1190. The number of hydrogen-bond donors (Lipinski definition) is 1. The summed E-state index contributed by atoms with van der Waals surface area (Å²) < 4.78 is 0. The zero-order valence-electron chi connectivity index (χ0n) is 17.6. The van der Waals surface area contributed by atoms with Crippen LogP contribution < -0.4 is 5.32 Å². The van der Waals surface area contributed by atoms with Crippen LogP contribution in [0.2, 0.25) is 0 Å². The number of nitrogens with zero attached hydrogens (tertiary/aromatic N) is 2. The molecular weight excluding hydrogens is 418 g/mol. The zero-order chi connectivity index (χ0) is 22.3. The highest BCUT2D eigenvalue weighted by Crippen LogP contribution is 2.27. The van der Waals surface area contributed by atoms with Crippen LogP contribution in [0.5, 0.6) is 0 Å². The third-order valence-corrected chi connectivity index (χ3v) is 6.45. The zero-order valence-corrected chi connectivity index (χ0v) is 18.5. The number of thioether (sulfide) groups is 1. The molecule has 4 rings (SSSR count). The van der Waals surface area contributed by atoms with Crippen LogP contribution in [0.1, 0.15) is 52.0 Å². The summed E-state index contributed by atoms with van der Waals surface area (Å²) in [6.07, 6.45) is 5.26. The molecule has 1 amide bonds. The van der Waals surface area contributed by atoms with Crippen LogP contribution >= 0.6 is 11.8 Å². The number of pyridine rings is 1. The number of amides is 1. The van der Waals surface area contributed by atoms with Crippen LogP contribution in [0.15, 0.2) is 65.7 Å². The van der Waals surface area contributed by atoms with Gasteiger partial charge < -0.3 is 5.32 Å². The van der Waals surface area contributed by atoms with E-state index >= 15 is 0 Å². The van der Waals surface area contributed by atoms with Crippen molar-refractivity contribution in [2.75, 3.05) is 11.1 Å². The maximum Gasteiger partial charge on any atom is 0.234 e. The van der Waals surface area contributed by atoms with E-state index in [-0.39, 0.29) is 17.4 Å². The summed E-state index contributed by atoms with van der Waals surface area (Å²) in [5.41, 5.74) is 4.20. The molecule has 1 aliphatic rings. The van der Waals surface area contributed by atoms with Crippen LogP contribution in [-0.4, -0.2) is 22.4 Å². The van der Waals surface area contributed by atoms with Gasteiger partial charge in [-0.25, -0.2) is 4.98 Å². The second-order valence-corrected chi connectivity index (χ2v) is 8.66. The molecule has 32 heavy (non-hydrogen) atoms. The molecule has 0 saturated carbocycles. The van der Waals surface area contributed by atoms with Crippen molar-refractivity contribution >= 4 is 29.1 Å². The molecule has 1 heterocycles. The van der Waals surface area contributed by atoms with Gasteiger partial charge in [0.2, 0.25) is 5.91 Å². The second kappa shape index (κ2) is 10.3. The maximum absolute atomic E-state index is 12.9. The van der Waals surface area contributed by atoms with Crippen molar-refractivity contribution in [1.29, 1.82) is 5.26 Å². The van der Waals surface area contributed by atoms with Crippen LogP contribution in [0.25, 0.3) is 0 Å². The van der Waals surface area contributed by atoms with E-state index in [0.29, 0.717) is 27.4 Å². The molecule has 5 nitrogen and oxygen atoms in total. The molecule has 2 aromatic carbocycles. The van der Waals surface area contributed by atoms with E-state index in [0.717, 1.165) is 36.9 Å². The number of hydrogen-bond acceptors (Lipinski definition) is 5. The van der Waals surface area contributed by atoms with Crippen LogP contribution in [0, 0.1) is 11.3 Å². The van der Waals surface area contributed by atoms with Gasteiger partial charge in [-0.05, 0) is 49.4 Å². The first-order chi connectivity index (χ1) is 15.7. The number of carbonyl (C=O) groups is 2. The molecular formula is C26H23N3O2S. The first kappa shape index (κ1) is 21.8. The van der Waals surface area contributed by atoms with Gasteiger partial charge in [0.25, 0.3) is 0 Å². The Labute approximate surface area is 191 Å². The summed E-state index contributed by atoms with van der Waals surface area (Å²) in [6.45, 7) is 0. The van der Waals surface area contributed by atoms with Crippen LogP contribution in [0.3, 0.4) is 0 Å². The van der Waals surface area contributed by atoms with Crippen molar-refractivity contribution < 1.29 is 9.59 Å². The number of aryl methyl sites for hydroxylation is 2. The van der Waals surface area contributed by atoms with Gasteiger partial charge in [-0.3, -0.25) is 9.59 Å². The van der Waals surface area contributed by atoms with E-state index in [4.69, 9.17) is 4.98 Å². The van der Waals surface area contributed by atoms with Crippen molar-refractivity contribution in [1.82, 2.24) is 4.98 Å². The number of rotatable bonds is 6. The lowest BCUT2D eigenvalue weighted by Crippen LogP contribution is -2.17. The predicted molar refractivity (Wildman–Crippen MR) is 126 cm³/mol. The smallest absolute Gasteiger partial charge is 0.234 e. The van der Waals surface area contributed by atoms with Gasteiger partial charge in [0.1, 0.15) is 11.1 Å². The fraction of sp³-hybridized carbons (Fsp3) is 0.231. The van der Waals surface area contributed by atoms with E-state index < -0.39 is 0 Å². The first-order valence-corrected chi connectivity index (χ1v) is 11.7. The minimum atomic E-state index is -0.246. The van der Waals surface area contributed by atoms with Gasteiger partial charge >= 0.3 is 0 Å². The molecule has 0 aliphatic heterocycles. The number of fused-ring (bicyclic) bond motifs is 1. The van der Waals surface area contributed by atoms with Crippen molar-refractivity contribution in [3.8, 4) is 6.07 Å². The summed E-state index contributed by atoms with van der Waals surface area (Å²) in [5.74, 6) is -0.286. The Morgan fingerprint density at radius 1 is 1.00 bits per heavy atom. The average molecular weight is 442 g/mol.